The van der Waals surface area contributed by atoms with Crippen molar-refractivity contribution in [2.75, 3.05) is 18.0 Å². The van der Waals surface area contributed by atoms with Crippen molar-refractivity contribution in [3.05, 3.63) is 77.3 Å². The molecule has 36 heavy (non-hydrogen) atoms. The minimum atomic E-state index is -0.763. The molecule has 2 aromatic carbocycles. The molecule has 0 bridgehead atoms. The minimum absolute atomic E-state index is 0.164. The van der Waals surface area contributed by atoms with E-state index in [0.717, 1.165) is 25.8 Å². The van der Waals surface area contributed by atoms with Crippen LogP contribution in [0.15, 0.2) is 54.2 Å². The molecule has 0 saturated carbocycles. The molecule has 0 aliphatic heterocycles. The number of nitrogens with one attached hydrogen (secondary N) is 1. The number of anilines is 1. The lowest BCUT2D eigenvalue weighted by molar-refractivity contribution is 0.430. The van der Waals surface area contributed by atoms with Gasteiger partial charge >= 0.3 is 11.4 Å². The number of hydrogen-bond acceptors (Lipinski definition) is 6. The molecule has 2 heterocycles. The number of fused-ring (bicyclic) bond motifs is 1. The lowest BCUT2D eigenvalue weighted by atomic mass is 10.2. The molecule has 0 radical (unpaired) electrons. The number of H-pyrrole nitrogens is 1. The number of aryl methyl sites for hydroxylation is 3. The van der Waals surface area contributed by atoms with Crippen LogP contribution in [0.1, 0.15) is 25.0 Å². The average molecular weight is 555 g/mol. The summed E-state index contributed by atoms with van der Waals surface area (Å²) in [5.74, 6) is -0.521. The number of nitrogens with zero attached hydrogens (tertiary/aromatic N) is 5. The van der Waals surface area contributed by atoms with Gasteiger partial charge in [0.1, 0.15) is 5.56 Å². The fourth-order valence-electron chi connectivity index (χ4n) is 4.24. The van der Waals surface area contributed by atoms with Crippen LogP contribution in [0.2, 0.25) is 0 Å². The number of rotatable bonds is 6. The molecule has 188 valence electrons. The third-order valence-corrected chi connectivity index (χ3v) is 7.22. The quantitative estimate of drug-likeness (QED) is 0.355. The number of hydrogen-bond donors (Lipinski definition) is 2. The first-order valence-electron chi connectivity index (χ1n) is 11.4. The standard InChI is InChI=1S/C25H27BrN6O4/c1-6-31(7-2)19-12-21-20(29(4)25(36)30(21)5)11-18(19)27-13-16-22(33)28-24(35)32(23(16)34)15-8-9-17(26)14(3)10-15/h8-13,34H,6-7H2,1-5H3,(H,28,33,35). The van der Waals surface area contributed by atoms with E-state index in [0.29, 0.717) is 30.0 Å². The van der Waals surface area contributed by atoms with E-state index in [2.05, 4.69) is 30.8 Å². The molecule has 0 atom stereocenters. The van der Waals surface area contributed by atoms with Crippen LogP contribution in [0.3, 0.4) is 0 Å². The van der Waals surface area contributed by atoms with Crippen molar-refractivity contribution in [2.24, 2.45) is 19.1 Å². The summed E-state index contributed by atoms with van der Waals surface area (Å²) < 4.78 is 4.97. The third-order valence-electron chi connectivity index (χ3n) is 6.33. The van der Waals surface area contributed by atoms with Gasteiger partial charge in [0, 0.05) is 37.9 Å². The highest BCUT2D eigenvalue weighted by molar-refractivity contribution is 9.10. The number of halogens is 1. The highest BCUT2D eigenvalue weighted by Crippen LogP contribution is 2.33. The highest BCUT2D eigenvalue weighted by Gasteiger charge is 2.18. The Morgan fingerprint density at radius 2 is 1.69 bits per heavy atom. The Balaban J connectivity index is 1.92. The molecule has 4 aromatic rings. The monoisotopic (exact) mass is 554 g/mol. The zero-order valence-corrected chi connectivity index (χ0v) is 22.3. The Bertz CT molecular complexity index is 1690. The predicted octanol–water partition coefficient (Wildman–Crippen LogP) is 3.09. The molecule has 2 N–H and O–H groups in total. The van der Waals surface area contributed by atoms with Crippen molar-refractivity contribution < 1.29 is 5.11 Å². The van der Waals surface area contributed by atoms with Crippen LogP contribution in [-0.4, -0.2) is 43.1 Å². The SMILES string of the molecule is CCN(CC)c1cc2c(cc1N=Cc1c(O)n(-c3ccc(Br)c(C)c3)c(=O)[nH]c1=O)n(C)c(=O)n2C. The van der Waals surface area contributed by atoms with Gasteiger partial charge in [0.25, 0.3) is 5.56 Å². The first-order chi connectivity index (χ1) is 17.1. The normalized spacial score (nSPS) is 11.6. The molecule has 11 heteroatoms. The van der Waals surface area contributed by atoms with Gasteiger partial charge < -0.3 is 10.0 Å². The zero-order chi connectivity index (χ0) is 26.3. The van der Waals surface area contributed by atoms with Crippen molar-refractivity contribution in [3.8, 4) is 11.6 Å². The van der Waals surface area contributed by atoms with Crippen molar-refractivity contribution in [1.29, 1.82) is 0 Å². The van der Waals surface area contributed by atoms with E-state index in [4.69, 9.17) is 0 Å². The fourth-order valence-corrected chi connectivity index (χ4v) is 4.49. The molecule has 10 nitrogen and oxygen atoms in total. The van der Waals surface area contributed by atoms with E-state index in [1.54, 1.807) is 42.9 Å². The average Bonchev–Trinajstić information content (AvgIpc) is 3.05. The van der Waals surface area contributed by atoms with Crippen molar-refractivity contribution in [1.82, 2.24) is 18.7 Å². The summed E-state index contributed by atoms with van der Waals surface area (Å²) >= 11 is 3.42. The smallest absolute Gasteiger partial charge is 0.335 e. The van der Waals surface area contributed by atoms with E-state index >= 15 is 0 Å². The predicted molar refractivity (Wildman–Crippen MR) is 146 cm³/mol. The van der Waals surface area contributed by atoms with Crippen LogP contribution in [0.5, 0.6) is 5.88 Å². The van der Waals surface area contributed by atoms with Crippen LogP contribution in [0.25, 0.3) is 16.7 Å². The Morgan fingerprint density at radius 3 is 2.31 bits per heavy atom. The van der Waals surface area contributed by atoms with E-state index in [1.807, 2.05) is 26.8 Å². The summed E-state index contributed by atoms with van der Waals surface area (Å²) in [5, 5.41) is 10.9. The number of aromatic nitrogens is 4. The van der Waals surface area contributed by atoms with E-state index < -0.39 is 17.1 Å². The van der Waals surface area contributed by atoms with Gasteiger partial charge in [-0.1, -0.05) is 15.9 Å². The van der Waals surface area contributed by atoms with Crippen LogP contribution in [0, 0.1) is 6.92 Å². The summed E-state index contributed by atoms with van der Waals surface area (Å²) in [6.07, 6.45) is 1.24. The number of aliphatic imine (C=N–C) groups is 1. The van der Waals surface area contributed by atoms with Crippen molar-refractivity contribution in [2.45, 2.75) is 20.8 Å². The number of benzene rings is 2. The first kappa shape index (κ1) is 25.2. The Morgan fingerprint density at radius 1 is 1.06 bits per heavy atom. The molecular formula is C25H27BrN6O4. The lowest BCUT2D eigenvalue weighted by Gasteiger charge is -2.23. The van der Waals surface area contributed by atoms with Gasteiger partial charge in [-0.2, -0.15) is 0 Å². The number of imidazole rings is 1. The largest absolute Gasteiger partial charge is 0.493 e. The maximum Gasteiger partial charge on any atom is 0.335 e. The van der Waals surface area contributed by atoms with E-state index in [1.165, 1.54) is 10.8 Å². The second-order valence-corrected chi connectivity index (χ2v) is 9.28. The molecule has 2 aromatic heterocycles. The molecule has 0 saturated heterocycles. The van der Waals surface area contributed by atoms with Gasteiger partial charge in [-0.3, -0.25) is 23.9 Å². The third kappa shape index (κ3) is 4.19. The van der Waals surface area contributed by atoms with Crippen molar-refractivity contribution >= 4 is 44.6 Å². The molecular weight excluding hydrogens is 528 g/mol. The van der Waals surface area contributed by atoms with E-state index in [9.17, 15) is 19.5 Å². The molecule has 0 unspecified atom stereocenters. The minimum Gasteiger partial charge on any atom is -0.493 e. The summed E-state index contributed by atoms with van der Waals surface area (Å²) in [7, 11) is 3.39. The molecule has 0 amide bonds. The second-order valence-electron chi connectivity index (χ2n) is 8.43. The molecule has 0 spiro atoms. The van der Waals surface area contributed by atoms with Crippen LogP contribution in [-0.2, 0) is 14.1 Å². The Labute approximate surface area is 214 Å². The first-order valence-corrected chi connectivity index (χ1v) is 12.2. The van der Waals surface area contributed by atoms with Gasteiger partial charge in [0.05, 0.1) is 28.1 Å². The Hall–Kier alpha value is -3.86. The molecule has 0 aliphatic rings. The highest BCUT2D eigenvalue weighted by atomic mass is 79.9. The maximum absolute atomic E-state index is 12.6. The number of aromatic amines is 1. The molecule has 0 fully saturated rings. The lowest BCUT2D eigenvalue weighted by Crippen LogP contribution is -2.31. The maximum atomic E-state index is 12.6. The van der Waals surface area contributed by atoms with Crippen LogP contribution < -0.4 is 21.8 Å². The molecule has 4 rings (SSSR count). The summed E-state index contributed by atoms with van der Waals surface area (Å²) in [4.78, 5) is 46.6. The molecule has 0 aliphatic carbocycles. The Kier molecular flexibility index (Phi) is 6.77. The van der Waals surface area contributed by atoms with Crippen LogP contribution in [0.4, 0.5) is 11.4 Å². The second kappa shape index (κ2) is 9.65. The summed E-state index contributed by atoms with van der Waals surface area (Å²) in [5.41, 5.74) is 2.12. The van der Waals surface area contributed by atoms with E-state index in [-0.39, 0.29) is 11.3 Å². The number of aromatic hydroxyl groups is 1. The van der Waals surface area contributed by atoms with Gasteiger partial charge in [-0.05, 0) is 56.7 Å². The van der Waals surface area contributed by atoms with Gasteiger partial charge in [0.15, 0.2) is 0 Å². The van der Waals surface area contributed by atoms with Crippen LogP contribution >= 0.6 is 15.9 Å². The summed E-state index contributed by atoms with van der Waals surface area (Å²) in [6, 6.07) is 8.80. The van der Waals surface area contributed by atoms with Gasteiger partial charge in [-0.15, -0.1) is 0 Å². The zero-order valence-electron chi connectivity index (χ0n) is 20.7. The topological polar surface area (TPSA) is 118 Å². The van der Waals surface area contributed by atoms with Gasteiger partial charge in [0.2, 0.25) is 5.88 Å². The van der Waals surface area contributed by atoms with Gasteiger partial charge in [-0.25, -0.2) is 14.2 Å². The van der Waals surface area contributed by atoms with Crippen molar-refractivity contribution in [3.63, 3.8) is 0 Å². The summed E-state index contributed by atoms with van der Waals surface area (Å²) in [6.45, 7) is 7.27. The fraction of sp³-hybridized carbons (Fsp3) is 0.280.